The van der Waals surface area contributed by atoms with Gasteiger partial charge in [0.2, 0.25) is 5.82 Å². The van der Waals surface area contributed by atoms with E-state index in [9.17, 15) is 13.6 Å². The second-order valence-electron chi connectivity index (χ2n) is 4.62. The molecule has 2 N–H and O–H groups in total. The van der Waals surface area contributed by atoms with Gasteiger partial charge in [-0.1, -0.05) is 0 Å². The highest BCUT2D eigenvalue weighted by Gasteiger charge is 2.19. The number of hydrogen-bond acceptors (Lipinski definition) is 5. The molecule has 2 aromatic heterocycles. The second kappa shape index (κ2) is 8.11. The summed E-state index contributed by atoms with van der Waals surface area (Å²) in [6, 6.07) is 5.63. The molecule has 0 saturated heterocycles. The molecule has 0 bridgehead atoms. The summed E-state index contributed by atoms with van der Waals surface area (Å²) < 4.78 is 33.9. The Labute approximate surface area is 142 Å². The van der Waals surface area contributed by atoms with Gasteiger partial charge in [-0.25, -0.2) is 9.37 Å². The van der Waals surface area contributed by atoms with Crippen molar-refractivity contribution in [2.45, 2.75) is 0 Å². The summed E-state index contributed by atoms with van der Waals surface area (Å²) in [4.78, 5) is 18.9. The van der Waals surface area contributed by atoms with Gasteiger partial charge in [0.15, 0.2) is 17.9 Å². The lowest BCUT2D eigenvalue weighted by molar-refractivity contribution is 0.111. The van der Waals surface area contributed by atoms with Crippen molar-refractivity contribution in [2.75, 3.05) is 14.2 Å². The molecular weight excluding hydrogens is 330 g/mol. The number of nitrogens with two attached hydrogens (primary N) is 1. The van der Waals surface area contributed by atoms with Crippen molar-refractivity contribution >= 4 is 6.29 Å². The van der Waals surface area contributed by atoms with Gasteiger partial charge in [0.1, 0.15) is 11.5 Å². The van der Waals surface area contributed by atoms with Crippen LogP contribution in [0.5, 0.6) is 5.75 Å². The fraction of sp³-hybridized carbons (Fsp3) is 0.118. The number of benzene rings is 1. The summed E-state index contributed by atoms with van der Waals surface area (Å²) >= 11 is 0. The summed E-state index contributed by atoms with van der Waals surface area (Å²) in [7, 11) is 2.76. The summed E-state index contributed by atoms with van der Waals surface area (Å²) in [5.41, 5.74) is 5.65. The molecule has 25 heavy (non-hydrogen) atoms. The van der Waals surface area contributed by atoms with Crippen LogP contribution in [0.2, 0.25) is 0 Å². The average molecular weight is 346 g/mol. The fourth-order valence-corrected chi connectivity index (χ4v) is 2.27. The van der Waals surface area contributed by atoms with Crippen LogP contribution in [0.1, 0.15) is 10.5 Å². The van der Waals surface area contributed by atoms with E-state index in [4.69, 9.17) is 4.74 Å². The first-order valence-electron chi connectivity index (χ1n) is 7.20. The third kappa shape index (κ3) is 3.53. The van der Waals surface area contributed by atoms with Crippen molar-refractivity contribution < 1.29 is 18.3 Å². The number of carbonyl (C=O) groups is 1. The van der Waals surface area contributed by atoms with E-state index in [1.54, 1.807) is 22.9 Å². The topological polar surface area (TPSA) is 83.0 Å². The SMILES string of the molecule is CN.COc1c(-c2nccn2-c2ccnc(C=O)c2)ccc(F)c1F. The van der Waals surface area contributed by atoms with Crippen LogP contribution in [0.3, 0.4) is 0 Å². The first-order chi connectivity index (χ1) is 12.2. The van der Waals surface area contributed by atoms with E-state index >= 15 is 0 Å². The minimum atomic E-state index is -1.08. The van der Waals surface area contributed by atoms with Gasteiger partial charge in [-0.05, 0) is 31.3 Å². The lowest BCUT2D eigenvalue weighted by Crippen LogP contribution is -2.02. The number of hydrogen-bond donors (Lipinski definition) is 1. The molecular formula is C17H16F2N4O2. The van der Waals surface area contributed by atoms with Crippen molar-refractivity contribution in [3.8, 4) is 22.8 Å². The Balaban J connectivity index is 0.00000109. The van der Waals surface area contributed by atoms with Crippen LogP contribution < -0.4 is 10.5 Å². The molecule has 0 amide bonds. The molecule has 0 aliphatic heterocycles. The van der Waals surface area contributed by atoms with Crippen LogP contribution in [0.4, 0.5) is 8.78 Å². The average Bonchev–Trinajstić information content (AvgIpc) is 3.15. The zero-order valence-electron chi connectivity index (χ0n) is 13.6. The first kappa shape index (κ1) is 18.2. The third-order valence-electron chi connectivity index (χ3n) is 3.30. The highest BCUT2D eigenvalue weighted by molar-refractivity contribution is 5.73. The minimum Gasteiger partial charge on any atom is -0.493 e. The first-order valence-corrected chi connectivity index (χ1v) is 7.20. The van der Waals surface area contributed by atoms with Gasteiger partial charge < -0.3 is 10.5 Å². The van der Waals surface area contributed by atoms with Crippen molar-refractivity contribution in [3.05, 3.63) is 60.2 Å². The molecule has 0 unspecified atom stereocenters. The number of halogens is 2. The van der Waals surface area contributed by atoms with Crippen LogP contribution in [0.25, 0.3) is 17.1 Å². The number of pyridine rings is 1. The zero-order valence-corrected chi connectivity index (χ0v) is 13.6. The number of carbonyl (C=O) groups excluding carboxylic acids is 1. The molecule has 130 valence electrons. The van der Waals surface area contributed by atoms with Crippen molar-refractivity contribution in [2.24, 2.45) is 5.73 Å². The van der Waals surface area contributed by atoms with Gasteiger partial charge in [0.05, 0.1) is 18.4 Å². The molecule has 1 aromatic carbocycles. The molecule has 6 nitrogen and oxygen atoms in total. The van der Waals surface area contributed by atoms with Gasteiger partial charge in [-0.15, -0.1) is 0 Å². The van der Waals surface area contributed by atoms with Crippen molar-refractivity contribution in [1.82, 2.24) is 14.5 Å². The monoisotopic (exact) mass is 346 g/mol. The normalized spacial score (nSPS) is 9.96. The molecule has 3 rings (SSSR count). The maximum absolute atomic E-state index is 13.9. The maximum atomic E-state index is 13.9. The van der Waals surface area contributed by atoms with Crippen LogP contribution in [0.15, 0.2) is 42.9 Å². The molecule has 0 aliphatic rings. The van der Waals surface area contributed by atoms with E-state index in [2.05, 4.69) is 15.7 Å². The predicted molar refractivity (Wildman–Crippen MR) is 88.8 cm³/mol. The van der Waals surface area contributed by atoms with E-state index in [-0.39, 0.29) is 11.4 Å². The van der Waals surface area contributed by atoms with Gasteiger partial charge in [0, 0.05) is 18.6 Å². The molecule has 0 spiro atoms. The molecule has 0 radical (unpaired) electrons. The van der Waals surface area contributed by atoms with E-state index in [0.717, 1.165) is 6.07 Å². The van der Waals surface area contributed by atoms with Crippen LogP contribution in [0, 0.1) is 11.6 Å². The number of nitrogens with zero attached hydrogens (tertiary/aromatic N) is 3. The lowest BCUT2D eigenvalue weighted by Gasteiger charge is -2.12. The van der Waals surface area contributed by atoms with Crippen LogP contribution >= 0.6 is 0 Å². The molecule has 8 heteroatoms. The van der Waals surface area contributed by atoms with Crippen molar-refractivity contribution in [3.63, 3.8) is 0 Å². The Hall–Kier alpha value is -3.13. The maximum Gasteiger partial charge on any atom is 0.201 e. The van der Waals surface area contributed by atoms with Crippen LogP contribution in [-0.4, -0.2) is 35.0 Å². The van der Waals surface area contributed by atoms with E-state index in [1.165, 1.54) is 32.6 Å². The highest BCUT2D eigenvalue weighted by atomic mass is 19.2. The second-order valence-corrected chi connectivity index (χ2v) is 4.62. The lowest BCUT2D eigenvalue weighted by atomic mass is 10.1. The van der Waals surface area contributed by atoms with Crippen LogP contribution in [-0.2, 0) is 0 Å². The standard InChI is InChI=1S/C16H11F2N3O2.CH5N/c1-23-15-12(2-3-13(17)14(15)18)16-20-6-7-21(16)11-4-5-19-10(8-11)9-22;1-2/h2-9H,1H3;2H2,1H3. The predicted octanol–water partition coefficient (Wildman–Crippen LogP) is 2.61. The smallest absolute Gasteiger partial charge is 0.201 e. The quantitative estimate of drug-likeness (QED) is 0.734. The molecule has 0 fully saturated rings. The molecule has 0 atom stereocenters. The summed E-state index contributed by atoms with van der Waals surface area (Å²) in [5, 5.41) is 0. The number of aldehydes is 1. The molecule has 3 aromatic rings. The minimum absolute atomic E-state index is 0.234. The van der Waals surface area contributed by atoms with Gasteiger partial charge in [0.25, 0.3) is 0 Å². The third-order valence-corrected chi connectivity index (χ3v) is 3.30. The van der Waals surface area contributed by atoms with Gasteiger partial charge >= 0.3 is 0 Å². The van der Waals surface area contributed by atoms with Crippen molar-refractivity contribution in [1.29, 1.82) is 0 Å². The van der Waals surface area contributed by atoms with E-state index in [0.29, 0.717) is 23.4 Å². The highest BCUT2D eigenvalue weighted by Crippen LogP contribution is 2.33. The fourth-order valence-electron chi connectivity index (χ4n) is 2.27. The summed E-state index contributed by atoms with van der Waals surface area (Å²) in [6.45, 7) is 0. The number of aromatic nitrogens is 3. The summed E-state index contributed by atoms with van der Waals surface area (Å²) in [5.74, 6) is -1.97. The Kier molecular flexibility index (Phi) is 5.91. The largest absolute Gasteiger partial charge is 0.493 e. The van der Waals surface area contributed by atoms with E-state index < -0.39 is 11.6 Å². The Morgan fingerprint density at radius 2 is 1.92 bits per heavy atom. The molecule has 0 saturated carbocycles. The Bertz CT molecular complexity index is 881. The zero-order chi connectivity index (χ0) is 18.4. The number of methoxy groups -OCH3 is 1. The number of ether oxygens (including phenoxy) is 1. The Morgan fingerprint density at radius 1 is 1.16 bits per heavy atom. The summed E-state index contributed by atoms with van der Waals surface area (Å²) in [6.07, 6.45) is 5.25. The van der Waals surface area contributed by atoms with Gasteiger partial charge in [-0.3, -0.25) is 14.3 Å². The molecule has 2 heterocycles. The van der Waals surface area contributed by atoms with Gasteiger partial charge in [-0.2, -0.15) is 4.39 Å². The Morgan fingerprint density at radius 3 is 2.60 bits per heavy atom. The van der Waals surface area contributed by atoms with E-state index in [1.807, 2.05) is 0 Å². The number of imidazole rings is 1. The molecule has 0 aliphatic carbocycles. The number of rotatable bonds is 4.